The Labute approximate surface area is 177 Å². The predicted octanol–water partition coefficient (Wildman–Crippen LogP) is 3.09. The summed E-state index contributed by atoms with van der Waals surface area (Å²) in [4.78, 5) is 20.5. The Morgan fingerprint density at radius 3 is 2.73 bits per heavy atom. The third-order valence-electron chi connectivity index (χ3n) is 5.67. The zero-order valence-corrected chi connectivity index (χ0v) is 17.3. The Kier molecular flexibility index (Phi) is 4.80. The molecule has 154 valence electrons. The lowest BCUT2D eigenvalue weighted by Gasteiger charge is -2.36. The second-order valence-corrected chi connectivity index (χ2v) is 8.69. The summed E-state index contributed by atoms with van der Waals surface area (Å²) in [6.45, 7) is 5.01. The number of fused-ring (bicyclic) bond motifs is 2. The van der Waals surface area contributed by atoms with E-state index in [1.54, 1.807) is 17.4 Å². The lowest BCUT2D eigenvalue weighted by atomic mass is 10.1. The number of carbonyl (C=O) groups excluding carboxylic acids is 1. The Bertz CT molecular complexity index is 1220. The molecule has 1 fully saturated rings. The van der Waals surface area contributed by atoms with Crippen molar-refractivity contribution in [1.29, 1.82) is 0 Å². The molecule has 0 saturated carbocycles. The Hall–Kier alpha value is -3.10. The highest BCUT2D eigenvalue weighted by Gasteiger charge is 2.18. The van der Waals surface area contributed by atoms with Gasteiger partial charge in [0.1, 0.15) is 5.58 Å². The van der Waals surface area contributed by atoms with Crippen LogP contribution in [0, 0.1) is 0 Å². The first-order valence-corrected chi connectivity index (χ1v) is 10.8. The number of rotatable bonds is 5. The minimum atomic E-state index is -0.542. The van der Waals surface area contributed by atoms with Gasteiger partial charge in [0.05, 0.1) is 10.2 Å². The number of carbonyl (C=O) groups is 1. The van der Waals surface area contributed by atoms with Crippen LogP contribution < -0.4 is 16.4 Å². The van der Waals surface area contributed by atoms with Crippen LogP contribution in [0.2, 0.25) is 0 Å². The lowest BCUT2D eigenvalue weighted by Crippen LogP contribution is -2.47. The average molecular weight is 422 g/mol. The number of piperazine rings is 1. The van der Waals surface area contributed by atoms with Gasteiger partial charge in [-0.15, -0.1) is 0 Å². The molecule has 0 unspecified atom stereocenters. The molecule has 1 saturated heterocycles. The van der Waals surface area contributed by atoms with E-state index in [2.05, 4.69) is 39.0 Å². The molecule has 7 nitrogen and oxygen atoms in total. The van der Waals surface area contributed by atoms with E-state index in [9.17, 15) is 4.79 Å². The van der Waals surface area contributed by atoms with Crippen molar-refractivity contribution in [1.82, 2.24) is 9.88 Å². The third-order valence-corrected chi connectivity index (χ3v) is 6.51. The summed E-state index contributed by atoms with van der Waals surface area (Å²) < 4.78 is 6.64. The van der Waals surface area contributed by atoms with Crippen LogP contribution in [0.15, 0.2) is 46.9 Å². The molecule has 0 atom stereocenters. The summed E-state index contributed by atoms with van der Waals surface area (Å²) in [5, 5.41) is 1.53. The number of hydrogen-bond acceptors (Lipinski definition) is 7. The minimum absolute atomic E-state index is 0.200. The van der Waals surface area contributed by atoms with Gasteiger partial charge in [0.15, 0.2) is 10.9 Å². The van der Waals surface area contributed by atoms with Crippen molar-refractivity contribution in [3.05, 3.63) is 53.8 Å². The first-order chi connectivity index (χ1) is 14.5. The minimum Gasteiger partial charge on any atom is -0.451 e. The molecule has 8 heteroatoms. The molecule has 3 heterocycles. The van der Waals surface area contributed by atoms with E-state index in [0.29, 0.717) is 10.7 Å². The van der Waals surface area contributed by atoms with E-state index in [1.807, 2.05) is 12.1 Å². The quantitative estimate of drug-likeness (QED) is 0.513. The van der Waals surface area contributed by atoms with Crippen LogP contribution >= 0.6 is 11.3 Å². The molecule has 0 spiro atoms. The van der Waals surface area contributed by atoms with Crippen LogP contribution in [0.3, 0.4) is 0 Å². The number of anilines is 2. The van der Waals surface area contributed by atoms with Gasteiger partial charge in [-0.25, -0.2) is 4.98 Å². The summed E-state index contributed by atoms with van der Waals surface area (Å²) in [5.41, 5.74) is 15.3. The van der Waals surface area contributed by atoms with Crippen molar-refractivity contribution >= 4 is 49.2 Å². The molecule has 4 aromatic rings. The summed E-state index contributed by atoms with van der Waals surface area (Å²) >= 11 is 1.54. The van der Waals surface area contributed by atoms with Crippen LogP contribution in [0.1, 0.15) is 16.1 Å². The monoisotopic (exact) mass is 421 g/mol. The Morgan fingerprint density at radius 1 is 1.10 bits per heavy atom. The van der Waals surface area contributed by atoms with Crippen LogP contribution in [0.4, 0.5) is 10.8 Å². The van der Waals surface area contributed by atoms with E-state index in [4.69, 9.17) is 15.9 Å². The fourth-order valence-electron chi connectivity index (χ4n) is 4.01. The van der Waals surface area contributed by atoms with Crippen molar-refractivity contribution in [2.24, 2.45) is 5.73 Å². The molecule has 4 N–H and O–H groups in total. The number of benzene rings is 2. The Balaban J connectivity index is 1.19. The third kappa shape index (κ3) is 3.71. The number of amides is 1. The van der Waals surface area contributed by atoms with Gasteiger partial charge in [-0.05, 0) is 48.4 Å². The molecule has 0 bridgehead atoms. The van der Waals surface area contributed by atoms with Gasteiger partial charge in [-0.3, -0.25) is 9.69 Å². The van der Waals surface area contributed by atoms with E-state index in [1.165, 1.54) is 5.56 Å². The lowest BCUT2D eigenvalue weighted by molar-refractivity contribution is 0.0976. The summed E-state index contributed by atoms with van der Waals surface area (Å²) in [7, 11) is 0. The number of aromatic nitrogens is 1. The van der Waals surface area contributed by atoms with Crippen molar-refractivity contribution in [3.63, 3.8) is 0 Å². The molecule has 1 aliphatic heterocycles. The SMILES string of the molecule is NC(=O)c1cc2cc(N3CCN(CCc4ccc5nc(N)sc5c4)CC3)ccc2o1. The summed E-state index contributed by atoms with van der Waals surface area (Å²) in [5.74, 6) is -0.342. The molecule has 5 rings (SSSR count). The highest BCUT2D eigenvalue weighted by atomic mass is 32.1. The highest BCUT2D eigenvalue weighted by Crippen LogP contribution is 2.27. The number of nitrogen functional groups attached to an aromatic ring is 1. The fraction of sp³-hybridized carbons (Fsp3) is 0.273. The van der Waals surface area contributed by atoms with Crippen LogP contribution in [-0.4, -0.2) is 48.5 Å². The molecule has 2 aromatic carbocycles. The number of nitrogens with two attached hydrogens (primary N) is 2. The van der Waals surface area contributed by atoms with Gasteiger partial charge in [0, 0.05) is 43.8 Å². The van der Waals surface area contributed by atoms with Crippen molar-refractivity contribution < 1.29 is 9.21 Å². The van der Waals surface area contributed by atoms with Gasteiger partial charge in [-0.1, -0.05) is 17.4 Å². The number of furan rings is 1. The maximum Gasteiger partial charge on any atom is 0.284 e. The molecular weight excluding hydrogens is 398 g/mol. The average Bonchev–Trinajstić information content (AvgIpc) is 3.34. The zero-order chi connectivity index (χ0) is 20.7. The first-order valence-electron chi connectivity index (χ1n) is 10.0. The molecule has 1 amide bonds. The Morgan fingerprint density at radius 2 is 1.93 bits per heavy atom. The smallest absolute Gasteiger partial charge is 0.284 e. The van der Waals surface area contributed by atoms with Crippen molar-refractivity contribution in [3.8, 4) is 0 Å². The van der Waals surface area contributed by atoms with E-state index in [0.717, 1.165) is 60.4 Å². The molecule has 0 aliphatic carbocycles. The van der Waals surface area contributed by atoms with Gasteiger partial charge in [0.2, 0.25) is 0 Å². The second-order valence-electron chi connectivity index (χ2n) is 7.63. The van der Waals surface area contributed by atoms with Gasteiger partial charge < -0.3 is 20.8 Å². The van der Waals surface area contributed by atoms with Gasteiger partial charge in [-0.2, -0.15) is 0 Å². The number of thiazole rings is 1. The maximum atomic E-state index is 11.3. The molecule has 0 radical (unpaired) electrons. The van der Waals surface area contributed by atoms with E-state index < -0.39 is 5.91 Å². The second kappa shape index (κ2) is 7.62. The van der Waals surface area contributed by atoms with E-state index >= 15 is 0 Å². The standard InChI is InChI=1S/C22H23N5O2S/c23-21(28)19-13-15-12-16(2-4-18(15)29-19)27-9-7-26(8-10-27)6-5-14-1-3-17-20(11-14)30-22(24)25-17/h1-4,11-13H,5-10H2,(H2,23,28)(H2,24,25). The van der Waals surface area contributed by atoms with Crippen molar-refractivity contribution in [2.45, 2.75) is 6.42 Å². The number of primary amides is 1. The largest absolute Gasteiger partial charge is 0.451 e. The zero-order valence-electron chi connectivity index (χ0n) is 16.5. The first kappa shape index (κ1) is 18.9. The molecule has 2 aromatic heterocycles. The van der Waals surface area contributed by atoms with Crippen LogP contribution in [0.25, 0.3) is 21.2 Å². The van der Waals surface area contributed by atoms with Crippen LogP contribution in [0.5, 0.6) is 0 Å². The van der Waals surface area contributed by atoms with Crippen LogP contribution in [-0.2, 0) is 6.42 Å². The predicted molar refractivity (Wildman–Crippen MR) is 121 cm³/mol. The normalized spacial score (nSPS) is 15.3. The fourth-order valence-corrected chi connectivity index (χ4v) is 4.81. The number of nitrogens with zero attached hydrogens (tertiary/aromatic N) is 3. The highest BCUT2D eigenvalue weighted by molar-refractivity contribution is 7.22. The van der Waals surface area contributed by atoms with Gasteiger partial charge >= 0.3 is 0 Å². The summed E-state index contributed by atoms with van der Waals surface area (Å²) in [6.07, 6.45) is 1.02. The van der Waals surface area contributed by atoms with Gasteiger partial charge in [0.25, 0.3) is 5.91 Å². The maximum absolute atomic E-state index is 11.3. The molecular formula is C22H23N5O2S. The topological polar surface area (TPSA) is 102 Å². The number of hydrogen-bond donors (Lipinski definition) is 2. The van der Waals surface area contributed by atoms with E-state index in [-0.39, 0.29) is 5.76 Å². The van der Waals surface area contributed by atoms with Crippen molar-refractivity contribution in [2.75, 3.05) is 43.4 Å². The summed E-state index contributed by atoms with van der Waals surface area (Å²) in [6, 6.07) is 14.2. The molecule has 1 aliphatic rings. The molecule has 30 heavy (non-hydrogen) atoms.